The van der Waals surface area contributed by atoms with Gasteiger partial charge in [0.1, 0.15) is 17.5 Å². The van der Waals surface area contributed by atoms with Crippen molar-refractivity contribution >= 4 is 29.3 Å². The van der Waals surface area contributed by atoms with Crippen LogP contribution in [0.4, 0.5) is 14.9 Å². The Morgan fingerprint density at radius 1 is 1.33 bits per heavy atom. The largest absolute Gasteiger partial charge is 0.444 e. The summed E-state index contributed by atoms with van der Waals surface area (Å²) in [5.74, 6) is -0.833. The maximum Gasteiger partial charge on any atom is 0.410 e. The fraction of sp³-hybridized carbons (Fsp3) is 0.529. The normalized spacial score (nSPS) is 18.2. The van der Waals surface area contributed by atoms with Gasteiger partial charge < -0.3 is 10.1 Å². The van der Waals surface area contributed by atoms with Crippen LogP contribution in [0, 0.1) is 5.82 Å². The van der Waals surface area contributed by atoms with Gasteiger partial charge in [-0.2, -0.15) is 0 Å². The van der Waals surface area contributed by atoms with Gasteiger partial charge in [0.25, 0.3) is 0 Å². The van der Waals surface area contributed by atoms with Gasteiger partial charge in [0.05, 0.1) is 10.7 Å². The Kier molecular flexibility index (Phi) is 5.70. The minimum atomic E-state index is -0.630. The van der Waals surface area contributed by atoms with Gasteiger partial charge >= 0.3 is 6.09 Å². The number of carbonyl (C=O) groups is 2. The summed E-state index contributed by atoms with van der Waals surface area (Å²) < 4.78 is 18.5. The summed E-state index contributed by atoms with van der Waals surface area (Å²) in [4.78, 5) is 26.4. The first-order chi connectivity index (χ1) is 11.2. The molecule has 2 rings (SSSR count). The molecular formula is C17H22ClFN2O3. The van der Waals surface area contributed by atoms with Crippen molar-refractivity contribution in [1.29, 1.82) is 0 Å². The fourth-order valence-electron chi connectivity index (χ4n) is 2.55. The van der Waals surface area contributed by atoms with Crippen molar-refractivity contribution in [2.75, 3.05) is 11.9 Å². The number of hydrogen-bond donors (Lipinski definition) is 1. The number of ether oxygens (including phenoxy) is 1. The van der Waals surface area contributed by atoms with Crippen LogP contribution < -0.4 is 5.32 Å². The second-order valence-corrected chi connectivity index (χ2v) is 7.21. The zero-order valence-electron chi connectivity index (χ0n) is 14.1. The number of halogens is 2. The minimum absolute atomic E-state index is 0.114. The van der Waals surface area contributed by atoms with Crippen molar-refractivity contribution in [3.05, 3.63) is 29.0 Å². The molecule has 0 aromatic heterocycles. The highest BCUT2D eigenvalue weighted by molar-refractivity contribution is 6.33. The van der Waals surface area contributed by atoms with Crippen LogP contribution in [-0.4, -0.2) is 35.1 Å². The van der Waals surface area contributed by atoms with E-state index in [2.05, 4.69) is 5.32 Å². The highest BCUT2D eigenvalue weighted by atomic mass is 35.5. The zero-order chi connectivity index (χ0) is 17.9. The van der Waals surface area contributed by atoms with E-state index >= 15 is 0 Å². The van der Waals surface area contributed by atoms with E-state index in [1.54, 1.807) is 20.8 Å². The van der Waals surface area contributed by atoms with Crippen molar-refractivity contribution in [2.45, 2.75) is 51.7 Å². The predicted molar refractivity (Wildman–Crippen MR) is 90.6 cm³/mol. The SMILES string of the molecule is CC(C)(C)OC(=O)N1CCCC[C@H]1C(=O)Nc1ccc(F)cc1Cl. The molecule has 7 heteroatoms. The molecule has 1 heterocycles. The molecule has 1 fully saturated rings. The lowest BCUT2D eigenvalue weighted by Gasteiger charge is -2.35. The van der Waals surface area contributed by atoms with E-state index in [-0.39, 0.29) is 10.9 Å². The van der Waals surface area contributed by atoms with Crippen molar-refractivity contribution in [3.8, 4) is 0 Å². The molecule has 0 radical (unpaired) electrons. The molecule has 24 heavy (non-hydrogen) atoms. The molecule has 5 nitrogen and oxygen atoms in total. The van der Waals surface area contributed by atoms with Gasteiger partial charge in [-0.15, -0.1) is 0 Å². The molecule has 0 aliphatic carbocycles. The quantitative estimate of drug-likeness (QED) is 0.863. The van der Waals surface area contributed by atoms with E-state index < -0.39 is 23.6 Å². The number of carbonyl (C=O) groups excluding carboxylic acids is 2. The van der Waals surface area contributed by atoms with Crippen molar-refractivity contribution in [2.24, 2.45) is 0 Å². The molecule has 0 bridgehead atoms. The lowest BCUT2D eigenvalue weighted by Crippen LogP contribution is -2.51. The van der Waals surface area contributed by atoms with Crippen LogP contribution in [0.25, 0.3) is 0 Å². The van der Waals surface area contributed by atoms with Gasteiger partial charge in [0.15, 0.2) is 0 Å². The zero-order valence-corrected chi connectivity index (χ0v) is 14.8. The Labute approximate surface area is 146 Å². The van der Waals surface area contributed by atoms with Gasteiger partial charge in [-0.1, -0.05) is 11.6 Å². The number of hydrogen-bond acceptors (Lipinski definition) is 3. The average Bonchev–Trinajstić information content (AvgIpc) is 2.48. The summed E-state index contributed by atoms with van der Waals surface area (Å²) >= 11 is 5.94. The number of benzene rings is 1. The third kappa shape index (κ3) is 4.84. The molecule has 1 aliphatic rings. The first kappa shape index (κ1) is 18.5. The number of nitrogens with zero attached hydrogens (tertiary/aromatic N) is 1. The Morgan fingerprint density at radius 2 is 2.04 bits per heavy atom. The lowest BCUT2D eigenvalue weighted by molar-refractivity contribution is -0.122. The van der Waals surface area contributed by atoms with E-state index in [4.69, 9.17) is 16.3 Å². The van der Waals surface area contributed by atoms with E-state index in [1.807, 2.05) is 0 Å². The molecule has 132 valence electrons. The topological polar surface area (TPSA) is 58.6 Å². The Morgan fingerprint density at radius 3 is 2.67 bits per heavy atom. The molecule has 0 saturated carbocycles. The predicted octanol–water partition coefficient (Wildman–Crippen LogP) is 4.21. The third-order valence-corrected chi connectivity index (χ3v) is 3.94. The molecule has 0 unspecified atom stereocenters. The van der Waals surface area contributed by atoms with Crippen LogP contribution in [0.15, 0.2) is 18.2 Å². The Balaban J connectivity index is 2.11. The highest BCUT2D eigenvalue weighted by Crippen LogP contribution is 2.25. The van der Waals surface area contributed by atoms with Gasteiger partial charge in [-0.3, -0.25) is 9.69 Å². The first-order valence-corrected chi connectivity index (χ1v) is 8.31. The van der Waals surface area contributed by atoms with Crippen molar-refractivity contribution < 1.29 is 18.7 Å². The molecule has 1 atom stereocenters. The molecule has 1 aromatic carbocycles. The van der Waals surface area contributed by atoms with Crippen molar-refractivity contribution in [3.63, 3.8) is 0 Å². The number of piperidine rings is 1. The van der Waals surface area contributed by atoms with Crippen LogP contribution in [-0.2, 0) is 9.53 Å². The summed E-state index contributed by atoms with van der Waals surface area (Å²) in [6.07, 6.45) is 1.70. The van der Waals surface area contributed by atoms with Crippen LogP contribution in [0.3, 0.4) is 0 Å². The Hall–Kier alpha value is -1.82. The molecule has 1 saturated heterocycles. The first-order valence-electron chi connectivity index (χ1n) is 7.93. The summed E-state index contributed by atoms with van der Waals surface area (Å²) in [6, 6.07) is 3.11. The number of rotatable bonds is 2. The lowest BCUT2D eigenvalue weighted by atomic mass is 10.0. The van der Waals surface area contributed by atoms with Crippen LogP contribution in [0.2, 0.25) is 5.02 Å². The summed E-state index contributed by atoms with van der Waals surface area (Å²) in [5.41, 5.74) is -0.312. The van der Waals surface area contributed by atoms with Crippen LogP contribution >= 0.6 is 11.6 Å². The standard InChI is InChI=1S/C17H22ClFN2O3/c1-17(2,3)24-16(23)21-9-5-4-6-14(21)15(22)20-13-8-7-11(19)10-12(13)18/h7-8,10,14H,4-6,9H2,1-3H3,(H,20,22)/t14-/m0/s1. The fourth-order valence-corrected chi connectivity index (χ4v) is 2.76. The van der Waals surface area contributed by atoms with Crippen LogP contribution in [0.1, 0.15) is 40.0 Å². The highest BCUT2D eigenvalue weighted by Gasteiger charge is 2.35. The summed E-state index contributed by atoms with van der Waals surface area (Å²) in [7, 11) is 0. The number of amides is 2. The second kappa shape index (κ2) is 7.38. The molecular weight excluding hydrogens is 335 g/mol. The smallest absolute Gasteiger partial charge is 0.410 e. The molecule has 2 amide bonds. The monoisotopic (exact) mass is 356 g/mol. The van der Waals surface area contributed by atoms with E-state index in [0.717, 1.165) is 18.9 Å². The summed E-state index contributed by atoms with van der Waals surface area (Å²) in [5, 5.41) is 2.78. The van der Waals surface area contributed by atoms with Crippen molar-refractivity contribution in [1.82, 2.24) is 4.90 Å². The number of anilines is 1. The van der Waals surface area contributed by atoms with Gasteiger partial charge in [-0.05, 0) is 58.2 Å². The van der Waals surface area contributed by atoms with Gasteiger partial charge in [-0.25, -0.2) is 9.18 Å². The molecule has 1 N–H and O–H groups in total. The maximum absolute atomic E-state index is 13.1. The Bertz CT molecular complexity index is 631. The molecule has 1 aliphatic heterocycles. The molecule has 1 aromatic rings. The second-order valence-electron chi connectivity index (χ2n) is 6.80. The molecule has 0 spiro atoms. The summed E-state index contributed by atoms with van der Waals surface area (Å²) in [6.45, 7) is 5.80. The van der Waals surface area contributed by atoms with E-state index in [1.165, 1.54) is 17.0 Å². The minimum Gasteiger partial charge on any atom is -0.444 e. The van der Waals surface area contributed by atoms with Crippen LogP contribution in [0.5, 0.6) is 0 Å². The average molecular weight is 357 g/mol. The third-order valence-electron chi connectivity index (χ3n) is 3.62. The maximum atomic E-state index is 13.1. The van der Waals surface area contributed by atoms with E-state index in [0.29, 0.717) is 18.7 Å². The number of nitrogens with one attached hydrogen (secondary N) is 1. The van der Waals surface area contributed by atoms with E-state index in [9.17, 15) is 14.0 Å². The van der Waals surface area contributed by atoms with Gasteiger partial charge in [0.2, 0.25) is 5.91 Å². The number of likely N-dealkylation sites (tertiary alicyclic amines) is 1. The van der Waals surface area contributed by atoms with Gasteiger partial charge in [0, 0.05) is 6.54 Å².